The number of esters is 2. The van der Waals surface area contributed by atoms with Crippen molar-refractivity contribution in [3.8, 4) is 0 Å². The van der Waals surface area contributed by atoms with E-state index in [4.69, 9.17) is 28.7 Å². The molecular weight excluding hydrogens is 645 g/mol. The smallest absolute Gasteiger partial charge is 0.463 e. The van der Waals surface area contributed by atoms with E-state index in [1.165, 1.54) is 12.2 Å². The molecule has 252 valence electrons. The van der Waals surface area contributed by atoms with Gasteiger partial charge in [0.1, 0.15) is 26.1 Å². The van der Waals surface area contributed by atoms with Crippen molar-refractivity contribution in [3.05, 3.63) is 58.8 Å². The van der Waals surface area contributed by atoms with Crippen LogP contribution >= 0.6 is 21.6 Å². The first kappa shape index (κ1) is 34.8. The fourth-order valence-electron chi connectivity index (χ4n) is 5.81. The number of nitrogens with zero attached hydrogens (tertiary/aromatic N) is 2. The normalized spacial score (nSPS) is 21.6. The van der Waals surface area contributed by atoms with Crippen LogP contribution in [-0.2, 0) is 44.6 Å². The topological polar surface area (TPSA) is 131 Å². The molecule has 1 fully saturated rings. The molecule has 47 heavy (non-hydrogen) atoms. The summed E-state index contributed by atoms with van der Waals surface area (Å²) < 4.78 is 26.8. The van der Waals surface area contributed by atoms with Crippen LogP contribution < -0.4 is 0 Å². The van der Waals surface area contributed by atoms with Gasteiger partial charge in [0, 0.05) is 47.5 Å². The Morgan fingerprint density at radius 3 is 2.72 bits per heavy atom. The Morgan fingerprint density at radius 1 is 1.15 bits per heavy atom. The highest BCUT2D eigenvalue weighted by molar-refractivity contribution is 8.77. The highest BCUT2D eigenvalue weighted by Crippen LogP contribution is 2.41. The van der Waals surface area contributed by atoms with Crippen molar-refractivity contribution in [1.29, 1.82) is 0 Å². The van der Waals surface area contributed by atoms with Crippen molar-refractivity contribution in [2.75, 3.05) is 45.8 Å². The van der Waals surface area contributed by atoms with E-state index in [9.17, 15) is 19.2 Å². The third-order valence-corrected chi connectivity index (χ3v) is 11.3. The molecule has 1 saturated heterocycles. The van der Waals surface area contributed by atoms with E-state index in [1.807, 2.05) is 57.8 Å². The van der Waals surface area contributed by atoms with Gasteiger partial charge < -0.3 is 28.6 Å². The first-order valence-corrected chi connectivity index (χ1v) is 18.3. The van der Waals surface area contributed by atoms with Gasteiger partial charge in [0.15, 0.2) is 0 Å². The molecule has 0 radical (unpaired) electrons. The Balaban J connectivity index is 1.14. The van der Waals surface area contributed by atoms with Crippen molar-refractivity contribution < 1.29 is 42.9 Å². The molecule has 0 spiro atoms. The summed E-state index contributed by atoms with van der Waals surface area (Å²) in [6.45, 7) is 2.11. The number of carbonyl (C=O) groups is 4. The molecule has 2 unspecified atom stereocenters. The highest BCUT2D eigenvalue weighted by atomic mass is 33.1. The van der Waals surface area contributed by atoms with Crippen molar-refractivity contribution in [3.63, 3.8) is 0 Å². The number of benzene rings is 1. The van der Waals surface area contributed by atoms with E-state index in [0.29, 0.717) is 30.2 Å². The zero-order valence-corrected chi connectivity index (χ0v) is 28.3. The van der Waals surface area contributed by atoms with E-state index in [-0.39, 0.29) is 56.6 Å². The molecule has 11 nitrogen and oxygen atoms in total. The number of hydrogen-bond acceptors (Lipinski definition) is 13. The second-order valence-corrected chi connectivity index (χ2v) is 14.3. The summed E-state index contributed by atoms with van der Waals surface area (Å²) >= 11 is 0. The van der Waals surface area contributed by atoms with Crippen LogP contribution in [0.2, 0.25) is 0 Å². The van der Waals surface area contributed by atoms with Crippen molar-refractivity contribution in [2.24, 2.45) is 0 Å². The van der Waals surface area contributed by atoms with E-state index in [1.54, 1.807) is 13.0 Å². The second-order valence-electron chi connectivity index (χ2n) is 11.5. The molecule has 1 aromatic heterocycles. The van der Waals surface area contributed by atoms with E-state index in [0.717, 1.165) is 41.4 Å². The average molecular weight is 685 g/mol. The Morgan fingerprint density at radius 2 is 1.96 bits per heavy atom. The number of pyridine rings is 1. The first-order chi connectivity index (χ1) is 22.8. The number of para-hydroxylation sites is 1. The van der Waals surface area contributed by atoms with Gasteiger partial charge in [-0.25, -0.2) is 14.6 Å². The number of unbranched alkanes of at least 4 members (excludes halogenated alkanes) is 1. The van der Waals surface area contributed by atoms with Gasteiger partial charge in [0.05, 0.1) is 30.1 Å². The van der Waals surface area contributed by atoms with Gasteiger partial charge in [0.2, 0.25) is 5.60 Å². The zero-order valence-electron chi connectivity index (χ0n) is 26.7. The van der Waals surface area contributed by atoms with Crippen LogP contribution in [-0.4, -0.2) is 90.9 Å². The quantitative estimate of drug-likeness (QED) is 0.0754. The molecule has 0 saturated carbocycles. The average Bonchev–Trinajstić information content (AvgIpc) is 3.70. The van der Waals surface area contributed by atoms with E-state index >= 15 is 0 Å². The Bertz CT molecular complexity index is 1540. The molecule has 2 aromatic rings. The Labute approximate surface area is 282 Å². The molecule has 0 N–H and O–H groups in total. The summed E-state index contributed by atoms with van der Waals surface area (Å²) in [7, 11) is 5.75. The third-order valence-electron chi connectivity index (χ3n) is 8.34. The lowest BCUT2D eigenvalue weighted by Crippen LogP contribution is -2.49. The van der Waals surface area contributed by atoms with Gasteiger partial charge in [-0.15, -0.1) is 0 Å². The first-order valence-electron chi connectivity index (χ1n) is 15.9. The summed E-state index contributed by atoms with van der Waals surface area (Å²) in [5.74, 6) is 0.160. The van der Waals surface area contributed by atoms with Gasteiger partial charge in [-0.1, -0.05) is 53.1 Å². The number of hydrogen-bond donors (Lipinski definition) is 0. The van der Waals surface area contributed by atoms with Crippen LogP contribution in [0.1, 0.15) is 56.7 Å². The van der Waals surface area contributed by atoms with Crippen molar-refractivity contribution in [2.45, 2.75) is 62.8 Å². The van der Waals surface area contributed by atoms with Crippen molar-refractivity contribution >= 4 is 62.6 Å². The third kappa shape index (κ3) is 8.49. The van der Waals surface area contributed by atoms with Crippen LogP contribution in [0.15, 0.2) is 47.6 Å². The maximum Gasteiger partial charge on any atom is 0.509 e. The van der Waals surface area contributed by atoms with Crippen LogP contribution in [0.5, 0.6) is 0 Å². The number of cyclic esters (lactones) is 1. The molecule has 4 heterocycles. The molecule has 1 aromatic carbocycles. The number of aromatic nitrogens is 1. The number of ether oxygens (including phenoxy) is 5. The van der Waals surface area contributed by atoms with Crippen LogP contribution in [0, 0.1) is 0 Å². The fourth-order valence-corrected chi connectivity index (χ4v) is 8.83. The SMILES string of the molecule is CCC1(OC(=O)OCCOCCOC(=O)CCCCC2CCSS2)C(=O)OCC(C=O)=C1/C=C1/c2nc3ccccc3cc2CN1C. The molecule has 2 atom stereocenters. The summed E-state index contributed by atoms with van der Waals surface area (Å²) in [6, 6.07) is 9.85. The van der Waals surface area contributed by atoms with Crippen LogP contribution in [0.3, 0.4) is 0 Å². The van der Waals surface area contributed by atoms with Gasteiger partial charge >= 0.3 is 18.1 Å². The molecule has 0 aliphatic carbocycles. The predicted octanol–water partition coefficient (Wildman–Crippen LogP) is 5.65. The fraction of sp³-hybridized carbons (Fsp3) is 0.500. The number of aldehydes is 1. The minimum absolute atomic E-state index is 0.000409. The van der Waals surface area contributed by atoms with Gasteiger partial charge in [0.25, 0.3) is 0 Å². The minimum atomic E-state index is -1.90. The summed E-state index contributed by atoms with van der Waals surface area (Å²) in [5.41, 5.74) is 1.71. The standard InChI is InChI=1S/C34H40N2O9S2/c1-3-34(45-33(40)43-16-14-41-13-15-42-30(38)11-7-5-9-26-12-17-46-47-26)27(25(21-37)22-44-32(34)39)19-29-31-24(20-36(29)2)18-23-8-4-6-10-28(23)35-31/h4,6,8,10,18-19,21,26H,3,5,7,9,11-17,20,22H2,1-2H3/b29-19-. The summed E-state index contributed by atoms with van der Waals surface area (Å²) in [6.07, 6.45) is 5.76. The highest BCUT2D eigenvalue weighted by Gasteiger charge is 2.50. The maximum absolute atomic E-state index is 13.2. The van der Waals surface area contributed by atoms with Gasteiger partial charge in [-0.05, 0) is 49.5 Å². The molecule has 3 aliphatic heterocycles. The molecule has 3 aliphatic rings. The summed E-state index contributed by atoms with van der Waals surface area (Å²) in [5, 5.41) is 1.71. The molecule has 0 bridgehead atoms. The second kappa shape index (κ2) is 16.5. The van der Waals surface area contributed by atoms with E-state index in [2.05, 4.69) is 6.07 Å². The Kier molecular flexibility index (Phi) is 12.2. The molecule has 5 rings (SSSR count). The van der Waals surface area contributed by atoms with Crippen LogP contribution in [0.4, 0.5) is 4.79 Å². The van der Waals surface area contributed by atoms with Crippen LogP contribution in [0.25, 0.3) is 16.6 Å². The lowest BCUT2D eigenvalue weighted by Gasteiger charge is -2.35. The minimum Gasteiger partial charge on any atom is -0.463 e. The molecular formula is C34H40N2O9S2. The molecule has 0 amide bonds. The number of carbonyl (C=O) groups excluding carboxylic acids is 4. The molecule has 13 heteroatoms. The monoisotopic (exact) mass is 684 g/mol. The number of fused-ring (bicyclic) bond motifs is 2. The predicted molar refractivity (Wildman–Crippen MR) is 179 cm³/mol. The number of rotatable bonds is 15. The lowest BCUT2D eigenvalue weighted by molar-refractivity contribution is -0.165. The summed E-state index contributed by atoms with van der Waals surface area (Å²) in [4.78, 5) is 57.1. The lowest BCUT2D eigenvalue weighted by atomic mass is 9.84. The maximum atomic E-state index is 13.2. The van der Waals surface area contributed by atoms with Gasteiger partial charge in [-0.3, -0.25) is 9.59 Å². The Hall–Kier alpha value is -3.55. The van der Waals surface area contributed by atoms with E-state index < -0.39 is 17.7 Å². The largest absolute Gasteiger partial charge is 0.509 e. The zero-order chi connectivity index (χ0) is 33.2. The van der Waals surface area contributed by atoms with Crippen molar-refractivity contribution in [1.82, 2.24) is 9.88 Å². The van der Waals surface area contributed by atoms with Gasteiger partial charge in [-0.2, -0.15) is 0 Å².